The Morgan fingerprint density at radius 1 is 1.26 bits per heavy atom. The van der Waals surface area contributed by atoms with Crippen LogP contribution in [0.5, 0.6) is 0 Å². The third-order valence-corrected chi connectivity index (χ3v) is 5.42. The Balaban J connectivity index is 2.10. The molecule has 0 spiro atoms. The third-order valence-electron chi connectivity index (χ3n) is 5.42. The maximum Gasteiger partial charge on any atom is 0.407 e. The van der Waals surface area contributed by atoms with Gasteiger partial charge in [0.25, 0.3) is 0 Å². The van der Waals surface area contributed by atoms with E-state index in [4.69, 9.17) is 24.7 Å². The zero-order valence-corrected chi connectivity index (χ0v) is 18.6. The predicted octanol–water partition coefficient (Wildman–Crippen LogP) is -2.25. The first kappa shape index (κ1) is 26.2. The van der Waals surface area contributed by atoms with Gasteiger partial charge in [-0.3, -0.25) is 0 Å². The van der Waals surface area contributed by atoms with Crippen molar-refractivity contribution in [2.45, 2.75) is 94.1 Å². The number of carbonyl (C=O) groups is 1. The SMILES string of the molecule is CNC1C(O)C(OC2C(N)CC(NC(=O)OC(C)(C)C)C(OCO)C2O)OCC1(C)O. The zero-order chi connectivity index (χ0) is 23.6. The standard InChI is InChI=1S/C19H37N3O9/c1-18(2,3)31-17(26)22-10-6-9(20)13(11(24)14(10)29-8-23)30-16-12(25)15(21-5)19(4,27)7-28-16/h9-16,21,23-25,27H,6-8,20H2,1-5H3,(H,22,26). The fraction of sp³-hybridized carbons (Fsp3) is 0.947. The number of amides is 1. The maximum atomic E-state index is 12.2. The molecule has 0 radical (unpaired) electrons. The molecule has 9 atom stereocenters. The molecule has 12 nitrogen and oxygen atoms in total. The Bertz CT molecular complexity index is 601. The lowest BCUT2D eigenvalue weighted by Gasteiger charge is -2.48. The Kier molecular flexibility index (Phi) is 8.64. The highest BCUT2D eigenvalue weighted by Crippen LogP contribution is 2.30. The molecule has 8 N–H and O–H groups in total. The molecule has 1 saturated carbocycles. The molecular formula is C19H37N3O9. The van der Waals surface area contributed by atoms with Gasteiger partial charge < -0.3 is 55.7 Å². The van der Waals surface area contributed by atoms with E-state index < -0.39 is 72.9 Å². The molecule has 0 aromatic carbocycles. The third kappa shape index (κ3) is 6.46. The van der Waals surface area contributed by atoms with Crippen LogP contribution in [0.4, 0.5) is 4.79 Å². The summed E-state index contributed by atoms with van der Waals surface area (Å²) in [5, 5.41) is 46.5. The van der Waals surface area contributed by atoms with Crippen molar-refractivity contribution >= 4 is 6.09 Å². The van der Waals surface area contributed by atoms with Crippen molar-refractivity contribution in [3.8, 4) is 0 Å². The summed E-state index contributed by atoms with van der Waals surface area (Å²) < 4.78 is 21.8. The van der Waals surface area contributed by atoms with E-state index in [0.29, 0.717) is 0 Å². The number of likely N-dealkylation sites (N-methyl/N-ethyl adjacent to an activating group) is 1. The van der Waals surface area contributed by atoms with Crippen LogP contribution in [-0.4, -0.2) is 107 Å². The van der Waals surface area contributed by atoms with Crippen molar-refractivity contribution in [3.05, 3.63) is 0 Å². The van der Waals surface area contributed by atoms with Gasteiger partial charge in [-0.1, -0.05) is 0 Å². The van der Waals surface area contributed by atoms with Crippen molar-refractivity contribution in [1.29, 1.82) is 0 Å². The van der Waals surface area contributed by atoms with Crippen LogP contribution >= 0.6 is 0 Å². The second kappa shape index (κ2) is 10.2. The summed E-state index contributed by atoms with van der Waals surface area (Å²) in [7, 11) is 1.59. The van der Waals surface area contributed by atoms with Crippen molar-refractivity contribution in [1.82, 2.24) is 10.6 Å². The molecule has 12 heteroatoms. The van der Waals surface area contributed by atoms with E-state index in [2.05, 4.69) is 10.6 Å². The summed E-state index contributed by atoms with van der Waals surface area (Å²) in [5.41, 5.74) is 4.16. The number of aliphatic hydroxyl groups is 4. The molecule has 182 valence electrons. The average molecular weight is 452 g/mol. The Morgan fingerprint density at radius 2 is 1.90 bits per heavy atom. The lowest BCUT2D eigenvalue weighted by Crippen LogP contribution is -2.68. The van der Waals surface area contributed by atoms with Crippen molar-refractivity contribution < 1.29 is 44.2 Å². The molecule has 2 aliphatic rings. The number of ether oxygens (including phenoxy) is 4. The van der Waals surface area contributed by atoms with Crippen LogP contribution in [0, 0.1) is 0 Å². The number of hydrogen-bond donors (Lipinski definition) is 7. The lowest BCUT2D eigenvalue weighted by molar-refractivity contribution is -0.299. The van der Waals surface area contributed by atoms with Crippen LogP contribution in [0.1, 0.15) is 34.1 Å². The highest BCUT2D eigenvalue weighted by Gasteiger charge is 2.50. The Morgan fingerprint density at radius 3 is 2.45 bits per heavy atom. The van der Waals surface area contributed by atoms with Gasteiger partial charge in [0.15, 0.2) is 6.29 Å². The number of carbonyl (C=O) groups excluding carboxylic acids is 1. The minimum atomic E-state index is -1.36. The molecule has 2 rings (SSSR count). The van der Waals surface area contributed by atoms with Crippen molar-refractivity contribution in [2.75, 3.05) is 20.4 Å². The number of alkyl carbamates (subject to hydrolysis) is 1. The summed E-state index contributed by atoms with van der Waals surface area (Å²) in [6, 6.07) is -2.26. The summed E-state index contributed by atoms with van der Waals surface area (Å²) in [5.74, 6) is 0. The van der Waals surface area contributed by atoms with Crippen LogP contribution in [-0.2, 0) is 18.9 Å². The molecule has 0 aromatic heterocycles. The quantitative estimate of drug-likeness (QED) is 0.216. The fourth-order valence-electron chi connectivity index (χ4n) is 4.04. The van der Waals surface area contributed by atoms with Crippen molar-refractivity contribution in [2.24, 2.45) is 5.73 Å². The topological polar surface area (TPSA) is 185 Å². The molecule has 1 heterocycles. The largest absolute Gasteiger partial charge is 0.444 e. The lowest BCUT2D eigenvalue weighted by atomic mass is 9.83. The minimum absolute atomic E-state index is 0.113. The first-order valence-corrected chi connectivity index (χ1v) is 10.3. The van der Waals surface area contributed by atoms with E-state index >= 15 is 0 Å². The van der Waals surface area contributed by atoms with E-state index in [0.717, 1.165) is 0 Å². The van der Waals surface area contributed by atoms with Gasteiger partial charge in [0, 0.05) is 6.04 Å². The molecule has 2 fully saturated rings. The van der Waals surface area contributed by atoms with E-state index in [-0.39, 0.29) is 13.0 Å². The van der Waals surface area contributed by atoms with E-state index in [1.54, 1.807) is 27.8 Å². The van der Waals surface area contributed by atoms with Crippen LogP contribution in [0.3, 0.4) is 0 Å². The predicted molar refractivity (Wildman–Crippen MR) is 108 cm³/mol. The molecule has 0 aromatic rings. The van der Waals surface area contributed by atoms with E-state index in [9.17, 15) is 25.2 Å². The number of nitrogens with two attached hydrogens (primary N) is 1. The Labute approximate surface area is 182 Å². The second-order valence-corrected chi connectivity index (χ2v) is 9.30. The number of hydrogen-bond acceptors (Lipinski definition) is 11. The minimum Gasteiger partial charge on any atom is -0.444 e. The highest BCUT2D eigenvalue weighted by atomic mass is 16.7. The Hall–Kier alpha value is -1.09. The van der Waals surface area contributed by atoms with Crippen LogP contribution < -0.4 is 16.4 Å². The molecular weight excluding hydrogens is 414 g/mol. The van der Waals surface area contributed by atoms with Gasteiger partial charge >= 0.3 is 6.09 Å². The molecule has 1 aliphatic carbocycles. The van der Waals surface area contributed by atoms with Gasteiger partial charge in [-0.05, 0) is 41.2 Å². The summed E-state index contributed by atoms with van der Waals surface area (Å²) >= 11 is 0. The van der Waals surface area contributed by atoms with Crippen LogP contribution in [0.15, 0.2) is 0 Å². The van der Waals surface area contributed by atoms with E-state index in [1.165, 1.54) is 6.92 Å². The van der Waals surface area contributed by atoms with Gasteiger partial charge in [-0.15, -0.1) is 0 Å². The van der Waals surface area contributed by atoms with Gasteiger partial charge in [0.1, 0.15) is 42.4 Å². The van der Waals surface area contributed by atoms with Gasteiger partial charge in [0.2, 0.25) is 0 Å². The molecule has 1 saturated heterocycles. The molecule has 9 unspecified atom stereocenters. The van der Waals surface area contributed by atoms with E-state index in [1.807, 2.05) is 0 Å². The van der Waals surface area contributed by atoms with Crippen LogP contribution in [0.25, 0.3) is 0 Å². The second-order valence-electron chi connectivity index (χ2n) is 9.30. The average Bonchev–Trinajstić information content (AvgIpc) is 2.62. The maximum absolute atomic E-state index is 12.2. The monoisotopic (exact) mass is 451 g/mol. The number of rotatable bonds is 6. The zero-order valence-electron chi connectivity index (χ0n) is 18.6. The van der Waals surface area contributed by atoms with Crippen LogP contribution in [0.2, 0.25) is 0 Å². The van der Waals surface area contributed by atoms with Gasteiger partial charge in [-0.2, -0.15) is 0 Å². The summed E-state index contributed by atoms with van der Waals surface area (Å²) in [4.78, 5) is 12.2. The molecule has 31 heavy (non-hydrogen) atoms. The molecule has 1 amide bonds. The normalized spacial score (nSPS) is 41.6. The summed E-state index contributed by atoms with van der Waals surface area (Å²) in [6.07, 6.45) is -6.44. The fourth-order valence-corrected chi connectivity index (χ4v) is 4.04. The first-order chi connectivity index (χ1) is 14.3. The highest BCUT2D eigenvalue weighted by molar-refractivity contribution is 5.68. The molecule has 1 aliphatic heterocycles. The molecule has 0 bridgehead atoms. The first-order valence-electron chi connectivity index (χ1n) is 10.3. The number of nitrogens with one attached hydrogen (secondary N) is 2. The van der Waals surface area contributed by atoms with Crippen molar-refractivity contribution in [3.63, 3.8) is 0 Å². The van der Waals surface area contributed by atoms with Gasteiger partial charge in [0.05, 0.1) is 18.7 Å². The summed E-state index contributed by atoms with van der Waals surface area (Å²) in [6.45, 7) is 5.84. The van der Waals surface area contributed by atoms with Gasteiger partial charge in [-0.25, -0.2) is 4.79 Å². The number of aliphatic hydroxyl groups excluding tert-OH is 3. The smallest absolute Gasteiger partial charge is 0.407 e.